The second-order valence-corrected chi connectivity index (χ2v) is 4.16. The third-order valence-corrected chi connectivity index (χ3v) is 2.82. The van der Waals surface area contributed by atoms with Crippen molar-refractivity contribution in [2.45, 2.75) is 6.54 Å². The lowest BCUT2D eigenvalue weighted by molar-refractivity contribution is -0.124. The van der Waals surface area contributed by atoms with E-state index in [0.29, 0.717) is 25.3 Å². The summed E-state index contributed by atoms with van der Waals surface area (Å²) in [5.74, 6) is 0.985. The van der Waals surface area contributed by atoms with E-state index >= 15 is 0 Å². The zero-order chi connectivity index (χ0) is 12.5. The van der Waals surface area contributed by atoms with Crippen molar-refractivity contribution in [1.82, 2.24) is 29.8 Å². The molecule has 1 fully saturated rings. The van der Waals surface area contributed by atoms with Crippen LogP contribution in [0.5, 0.6) is 0 Å². The summed E-state index contributed by atoms with van der Waals surface area (Å²) in [6.45, 7) is 2.39. The van der Waals surface area contributed by atoms with Gasteiger partial charge >= 0.3 is 0 Å². The molecule has 0 spiro atoms. The molecule has 1 saturated heterocycles. The Bertz CT molecular complexity index is 593. The van der Waals surface area contributed by atoms with E-state index in [9.17, 15) is 4.79 Å². The number of fused-ring (bicyclic) bond motifs is 1. The van der Waals surface area contributed by atoms with Crippen LogP contribution in [0.4, 0.5) is 5.95 Å². The molecule has 0 radical (unpaired) electrons. The van der Waals surface area contributed by atoms with Crippen molar-refractivity contribution in [3.63, 3.8) is 0 Å². The van der Waals surface area contributed by atoms with Crippen LogP contribution in [0.3, 0.4) is 0 Å². The second kappa shape index (κ2) is 4.22. The molecule has 3 N–H and O–H groups in total. The number of carbonyl (C=O) groups is 1. The molecule has 1 amide bonds. The lowest BCUT2D eigenvalue weighted by Gasteiger charge is -2.25. The minimum atomic E-state index is 0.0338. The van der Waals surface area contributed by atoms with E-state index in [1.807, 2.05) is 4.90 Å². The van der Waals surface area contributed by atoms with Crippen molar-refractivity contribution in [1.29, 1.82) is 0 Å². The second-order valence-electron chi connectivity index (χ2n) is 4.16. The maximum atomic E-state index is 11.3. The zero-order valence-electron chi connectivity index (χ0n) is 9.70. The third kappa shape index (κ3) is 1.97. The SMILES string of the molecule is Nc1nc2ccnc(CN3CCNC(=O)C3)n2n1. The number of carbonyl (C=O) groups excluding carboxylic acids is 1. The van der Waals surface area contributed by atoms with Gasteiger partial charge in [0.25, 0.3) is 0 Å². The molecule has 2 aromatic rings. The standard InChI is InChI=1S/C10H13N7O/c11-10-14-7-1-2-12-8(17(7)15-10)5-16-4-3-13-9(18)6-16/h1-2H,3-6H2,(H2,11,15)(H,13,18). The first-order valence-electron chi connectivity index (χ1n) is 5.67. The predicted molar refractivity (Wildman–Crippen MR) is 63.5 cm³/mol. The maximum Gasteiger partial charge on any atom is 0.240 e. The molecule has 0 atom stereocenters. The van der Waals surface area contributed by atoms with Crippen LogP contribution < -0.4 is 11.1 Å². The smallest absolute Gasteiger partial charge is 0.240 e. The summed E-state index contributed by atoms with van der Waals surface area (Å²) < 4.78 is 1.61. The van der Waals surface area contributed by atoms with Gasteiger partial charge in [0.1, 0.15) is 5.82 Å². The number of piperazine rings is 1. The number of rotatable bonds is 2. The number of anilines is 1. The van der Waals surface area contributed by atoms with Crippen molar-refractivity contribution >= 4 is 17.5 Å². The van der Waals surface area contributed by atoms with Gasteiger partial charge in [0.15, 0.2) is 5.65 Å². The van der Waals surface area contributed by atoms with E-state index in [1.54, 1.807) is 16.8 Å². The monoisotopic (exact) mass is 247 g/mol. The Morgan fingerprint density at radius 2 is 2.39 bits per heavy atom. The quantitative estimate of drug-likeness (QED) is 0.679. The van der Waals surface area contributed by atoms with Gasteiger partial charge < -0.3 is 11.1 Å². The molecule has 0 aliphatic carbocycles. The van der Waals surface area contributed by atoms with Crippen molar-refractivity contribution in [2.75, 3.05) is 25.4 Å². The molecule has 1 aliphatic heterocycles. The fourth-order valence-electron chi connectivity index (χ4n) is 2.02. The van der Waals surface area contributed by atoms with Crippen LogP contribution in [-0.2, 0) is 11.3 Å². The molecular weight excluding hydrogens is 234 g/mol. The van der Waals surface area contributed by atoms with Crippen LogP contribution in [0.1, 0.15) is 5.82 Å². The average molecular weight is 247 g/mol. The summed E-state index contributed by atoms with van der Waals surface area (Å²) in [4.78, 5) is 21.7. The first-order valence-corrected chi connectivity index (χ1v) is 5.67. The molecule has 0 unspecified atom stereocenters. The Morgan fingerprint density at radius 1 is 1.50 bits per heavy atom. The number of hydrogen-bond donors (Lipinski definition) is 2. The molecule has 0 saturated carbocycles. The Kier molecular flexibility index (Phi) is 2.56. The summed E-state index contributed by atoms with van der Waals surface area (Å²) in [5.41, 5.74) is 6.23. The number of aromatic nitrogens is 4. The van der Waals surface area contributed by atoms with Crippen molar-refractivity contribution in [2.24, 2.45) is 0 Å². The first-order chi connectivity index (χ1) is 8.72. The van der Waals surface area contributed by atoms with Gasteiger partial charge in [0, 0.05) is 25.4 Å². The van der Waals surface area contributed by atoms with Crippen molar-refractivity contribution < 1.29 is 4.79 Å². The summed E-state index contributed by atoms with van der Waals surface area (Å²) in [5, 5.41) is 6.87. The van der Waals surface area contributed by atoms with Gasteiger partial charge in [-0.05, 0) is 0 Å². The van der Waals surface area contributed by atoms with Crippen LogP contribution in [-0.4, -0.2) is 50.0 Å². The van der Waals surface area contributed by atoms with Gasteiger partial charge in [0.05, 0.1) is 13.1 Å². The Hall–Kier alpha value is -2.22. The number of nitrogens with one attached hydrogen (secondary N) is 1. The molecule has 94 valence electrons. The number of nitrogens with zero attached hydrogens (tertiary/aromatic N) is 5. The van der Waals surface area contributed by atoms with Gasteiger partial charge in [0.2, 0.25) is 11.9 Å². The van der Waals surface area contributed by atoms with Crippen LogP contribution in [0, 0.1) is 0 Å². The molecule has 1 aliphatic rings. The minimum Gasteiger partial charge on any atom is -0.366 e. The molecule has 8 heteroatoms. The summed E-state index contributed by atoms with van der Waals surface area (Å²) in [6, 6.07) is 1.75. The number of hydrogen-bond acceptors (Lipinski definition) is 6. The summed E-state index contributed by atoms with van der Waals surface area (Å²) >= 11 is 0. The largest absolute Gasteiger partial charge is 0.366 e. The van der Waals surface area contributed by atoms with Crippen molar-refractivity contribution in [3.8, 4) is 0 Å². The van der Waals surface area contributed by atoms with E-state index in [2.05, 4.69) is 20.4 Å². The number of amides is 1. The van der Waals surface area contributed by atoms with E-state index in [1.165, 1.54) is 0 Å². The van der Waals surface area contributed by atoms with Gasteiger partial charge in [-0.25, -0.2) is 4.98 Å². The fraction of sp³-hybridized carbons (Fsp3) is 0.400. The molecule has 3 rings (SSSR count). The predicted octanol–water partition coefficient (Wildman–Crippen LogP) is -1.36. The van der Waals surface area contributed by atoms with E-state index in [4.69, 9.17) is 5.73 Å². The lowest BCUT2D eigenvalue weighted by atomic mass is 10.3. The van der Waals surface area contributed by atoms with Crippen LogP contribution in [0.15, 0.2) is 12.3 Å². The van der Waals surface area contributed by atoms with E-state index in [0.717, 1.165) is 12.4 Å². The Balaban J connectivity index is 1.87. The third-order valence-electron chi connectivity index (χ3n) is 2.82. The van der Waals surface area contributed by atoms with Crippen molar-refractivity contribution in [3.05, 3.63) is 18.1 Å². The van der Waals surface area contributed by atoms with Crippen LogP contribution in [0.2, 0.25) is 0 Å². The van der Waals surface area contributed by atoms with Gasteiger partial charge in [-0.15, -0.1) is 5.10 Å². The highest BCUT2D eigenvalue weighted by atomic mass is 16.2. The molecule has 0 bridgehead atoms. The van der Waals surface area contributed by atoms with Crippen LogP contribution in [0.25, 0.3) is 5.65 Å². The molecule has 3 heterocycles. The van der Waals surface area contributed by atoms with Crippen LogP contribution >= 0.6 is 0 Å². The highest BCUT2D eigenvalue weighted by Crippen LogP contribution is 2.07. The number of nitrogens with two attached hydrogens (primary N) is 1. The molecule has 2 aromatic heterocycles. The minimum absolute atomic E-state index is 0.0338. The summed E-state index contributed by atoms with van der Waals surface area (Å²) in [6.07, 6.45) is 1.67. The van der Waals surface area contributed by atoms with E-state index < -0.39 is 0 Å². The number of nitrogen functional groups attached to an aromatic ring is 1. The summed E-state index contributed by atoms with van der Waals surface area (Å²) in [7, 11) is 0. The highest BCUT2D eigenvalue weighted by Gasteiger charge is 2.18. The van der Waals surface area contributed by atoms with Gasteiger partial charge in [-0.1, -0.05) is 0 Å². The Labute approximate surface area is 103 Å². The molecule has 8 nitrogen and oxygen atoms in total. The first kappa shape index (κ1) is 10.9. The van der Waals surface area contributed by atoms with Gasteiger partial charge in [-0.2, -0.15) is 9.50 Å². The Morgan fingerprint density at radius 3 is 3.22 bits per heavy atom. The zero-order valence-corrected chi connectivity index (χ0v) is 9.70. The average Bonchev–Trinajstić information content (AvgIpc) is 2.71. The molecule has 18 heavy (non-hydrogen) atoms. The highest BCUT2D eigenvalue weighted by molar-refractivity contribution is 5.78. The molecule has 0 aromatic carbocycles. The topological polar surface area (TPSA) is 101 Å². The lowest BCUT2D eigenvalue weighted by Crippen LogP contribution is -2.47. The van der Waals surface area contributed by atoms with E-state index in [-0.39, 0.29) is 11.9 Å². The molecular formula is C10H13N7O. The van der Waals surface area contributed by atoms with Gasteiger partial charge in [-0.3, -0.25) is 9.69 Å². The fourth-order valence-corrected chi connectivity index (χ4v) is 2.02. The normalized spacial score (nSPS) is 17.0. The maximum absolute atomic E-state index is 11.3.